The van der Waals surface area contributed by atoms with Crippen molar-refractivity contribution in [2.45, 2.75) is 25.8 Å². The molecule has 0 radical (unpaired) electrons. The Labute approximate surface area is 101 Å². The van der Waals surface area contributed by atoms with Crippen LogP contribution in [0.1, 0.15) is 19.8 Å². The summed E-state index contributed by atoms with van der Waals surface area (Å²) in [5.74, 6) is 0. The lowest BCUT2D eigenvalue weighted by Gasteiger charge is -2.09. The highest BCUT2D eigenvalue weighted by molar-refractivity contribution is 5.90. The lowest BCUT2D eigenvalue weighted by atomic mass is 10.2. The standard InChI is InChI=1S/C13H18N4/c1-10(14)5-4-8-15-13-9-16-17-12-7-3-2-6-11(12)13/h2-3,6-7,9-10H,4-5,8,14H2,1H3,(H,15,17). The molecule has 90 valence electrons. The molecule has 4 nitrogen and oxygen atoms in total. The topological polar surface area (TPSA) is 63.8 Å². The van der Waals surface area contributed by atoms with Crippen molar-refractivity contribution in [2.24, 2.45) is 5.73 Å². The molecule has 1 unspecified atom stereocenters. The van der Waals surface area contributed by atoms with Crippen molar-refractivity contribution >= 4 is 16.6 Å². The fourth-order valence-corrected chi connectivity index (χ4v) is 1.79. The quantitative estimate of drug-likeness (QED) is 0.773. The van der Waals surface area contributed by atoms with Gasteiger partial charge in [-0.2, -0.15) is 10.2 Å². The zero-order valence-corrected chi connectivity index (χ0v) is 10.1. The van der Waals surface area contributed by atoms with Gasteiger partial charge in [0.2, 0.25) is 0 Å². The van der Waals surface area contributed by atoms with Crippen LogP contribution < -0.4 is 11.1 Å². The summed E-state index contributed by atoms with van der Waals surface area (Å²) in [6.45, 7) is 2.95. The molecule has 0 saturated carbocycles. The van der Waals surface area contributed by atoms with Gasteiger partial charge in [0.15, 0.2) is 0 Å². The minimum absolute atomic E-state index is 0.268. The summed E-state index contributed by atoms with van der Waals surface area (Å²) < 4.78 is 0. The van der Waals surface area contributed by atoms with Gasteiger partial charge < -0.3 is 11.1 Å². The van der Waals surface area contributed by atoms with Crippen molar-refractivity contribution in [2.75, 3.05) is 11.9 Å². The Kier molecular flexibility index (Phi) is 3.88. The molecule has 0 bridgehead atoms. The minimum atomic E-state index is 0.268. The zero-order valence-electron chi connectivity index (χ0n) is 10.1. The molecular formula is C13H18N4. The molecule has 2 rings (SSSR count). The van der Waals surface area contributed by atoms with Gasteiger partial charge in [-0.3, -0.25) is 0 Å². The summed E-state index contributed by atoms with van der Waals surface area (Å²) in [5, 5.41) is 12.6. The number of hydrogen-bond acceptors (Lipinski definition) is 4. The molecule has 1 aromatic carbocycles. The first-order chi connectivity index (χ1) is 8.27. The van der Waals surface area contributed by atoms with Crippen molar-refractivity contribution in [3.63, 3.8) is 0 Å². The Morgan fingerprint density at radius 3 is 3.00 bits per heavy atom. The molecule has 3 N–H and O–H groups in total. The molecule has 1 atom stereocenters. The van der Waals surface area contributed by atoms with Crippen LogP contribution in [0.4, 0.5) is 5.69 Å². The number of nitrogens with two attached hydrogens (primary N) is 1. The average molecular weight is 230 g/mol. The van der Waals surface area contributed by atoms with Crippen LogP contribution in [-0.2, 0) is 0 Å². The van der Waals surface area contributed by atoms with Gasteiger partial charge in [0.05, 0.1) is 17.4 Å². The third-order valence-electron chi connectivity index (χ3n) is 2.70. The Bertz CT molecular complexity index is 476. The minimum Gasteiger partial charge on any atom is -0.383 e. The highest BCUT2D eigenvalue weighted by atomic mass is 15.1. The first-order valence-electron chi connectivity index (χ1n) is 5.97. The van der Waals surface area contributed by atoms with E-state index < -0.39 is 0 Å². The van der Waals surface area contributed by atoms with E-state index in [1.165, 1.54) is 0 Å². The van der Waals surface area contributed by atoms with Gasteiger partial charge in [-0.05, 0) is 25.8 Å². The molecule has 0 aliphatic rings. The number of aromatic nitrogens is 2. The maximum Gasteiger partial charge on any atom is 0.0950 e. The number of rotatable bonds is 5. The predicted molar refractivity (Wildman–Crippen MR) is 70.9 cm³/mol. The molecular weight excluding hydrogens is 212 g/mol. The summed E-state index contributed by atoms with van der Waals surface area (Å²) >= 11 is 0. The highest BCUT2D eigenvalue weighted by Crippen LogP contribution is 2.19. The fraction of sp³-hybridized carbons (Fsp3) is 0.385. The van der Waals surface area contributed by atoms with Crippen LogP contribution in [0, 0.1) is 0 Å². The molecule has 0 amide bonds. The number of benzene rings is 1. The lowest BCUT2D eigenvalue weighted by Crippen LogP contribution is -2.16. The molecule has 0 aliphatic heterocycles. The van der Waals surface area contributed by atoms with Crippen LogP contribution in [0.2, 0.25) is 0 Å². The van der Waals surface area contributed by atoms with E-state index in [9.17, 15) is 0 Å². The van der Waals surface area contributed by atoms with Crippen LogP contribution in [0.3, 0.4) is 0 Å². The first kappa shape index (κ1) is 11.8. The van der Waals surface area contributed by atoms with Gasteiger partial charge in [-0.15, -0.1) is 0 Å². The Hall–Kier alpha value is -1.68. The lowest BCUT2D eigenvalue weighted by molar-refractivity contribution is 0.639. The van der Waals surface area contributed by atoms with Crippen LogP contribution in [0.5, 0.6) is 0 Å². The molecule has 17 heavy (non-hydrogen) atoms. The summed E-state index contributed by atoms with van der Waals surface area (Å²) in [4.78, 5) is 0. The zero-order chi connectivity index (χ0) is 12.1. The van der Waals surface area contributed by atoms with Crippen molar-refractivity contribution in [1.82, 2.24) is 10.2 Å². The largest absolute Gasteiger partial charge is 0.383 e. The van der Waals surface area contributed by atoms with Gasteiger partial charge in [0.25, 0.3) is 0 Å². The van der Waals surface area contributed by atoms with Gasteiger partial charge >= 0.3 is 0 Å². The maximum absolute atomic E-state index is 5.71. The number of anilines is 1. The molecule has 0 fully saturated rings. The fourth-order valence-electron chi connectivity index (χ4n) is 1.79. The number of nitrogens with zero attached hydrogens (tertiary/aromatic N) is 2. The van der Waals surface area contributed by atoms with Crippen LogP contribution >= 0.6 is 0 Å². The number of hydrogen-bond donors (Lipinski definition) is 2. The van der Waals surface area contributed by atoms with Gasteiger partial charge in [0, 0.05) is 18.0 Å². The van der Waals surface area contributed by atoms with Gasteiger partial charge in [-0.25, -0.2) is 0 Å². The molecule has 2 aromatic rings. The van der Waals surface area contributed by atoms with E-state index in [1.807, 2.05) is 25.1 Å². The summed E-state index contributed by atoms with van der Waals surface area (Å²) in [6, 6.07) is 8.27. The monoisotopic (exact) mass is 230 g/mol. The molecule has 0 saturated heterocycles. The van der Waals surface area contributed by atoms with Gasteiger partial charge in [0.1, 0.15) is 0 Å². The first-order valence-corrected chi connectivity index (χ1v) is 5.97. The van der Waals surface area contributed by atoms with Crippen LogP contribution in [-0.4, -0.2) is 22.8 Å². The SMILES string of the molecule is CC(N)CCCNc1cnnc2ccccc12. The van der Waals surface area contributed by atoms with Crippen molar-refractivity contribution in [3.05, 3.63) is 30.5 Å². The highest BCUT2D eigenvalue weighted by Gasteiger charge is 2.01. The smallest absolute Gasteiger partial charge is 0.0950 e. The second-order valence-corrected chi connectivity index (χ2v) is 4.32. The Morgan fingerprint density at radius 1 is 1.35 bits per heavy atom. The third-order valence-corrected chi connectivity index (χ3v) is 2.70. The maximum atomic E-state index is 5.71. The number of fused-ring (bicyclic) bond motifs is 1. The molecule has 0 aliphatic carbocycles. The van der Waals surface area contributed by atoms with E-state index in [-0.39, 0.29) is 6.04 Å². The van der Waals surface area contributed by atoms with E-state index in [4.69, 9.17) is 5.73 Å². The second-order valence-electron chi connectivity index (χ2n) is 4.32. The average Bonchev–Trinajstić information content (AvgIpc) is 2.34. The predicted octanol–water partition coefficient (Wildman–Crippen LogP) is 2.17. The summed E-state index contributed by atoms with van der Waals surface area (Å²) in [6.07, 6.45) is 3.87. The van der Waals surface area contributed by atoms with E-state index in [0.29, 0.717) is 0 Å². The van der Waals surface area contributed by atoms with Crippen LogP contribution in [0.15, 0.2) is 30.5 Å². The molecule has 4 heteroatoms. The molecule has 1 heterocycles. The van der Waals surface area contributed by atoms with Crippen molar-refractivity contribution < 1.29 is 0 Å². The van der Waals surface area contributed by atoms with E-state index in [1.54, 1.807) is 6.20 Å². The van der Waals surface area contributed by atoms with Crippen LogP contribution in [0.25, 0.3) is 10.9 Å². The second kappa shape index (κ2) is 5.59. The van der Waals surface area contributed by atoms with Gasteiger partial charge in [-0.1, -0.05) is 18.2 Å². The van der Waals surface area contributed by atoms with E-state index >= 15 is 0 Å². The van der Waals surface area contributed by atoms with Crippen molar-refractivity contribution in [3.8, 4) is 0 Å². The Morgan fingerprint density at radius 2 is 2.18 bits per heavy atom. The van der Waals surface area contributed by atoms with E-state index in [2.05, 4.69) is 21.6 Å². The third kappa shape index (κ3) is 3.14. The molecule has 1 aromatic heterocycles. The summed E-state index contributed by atoms with van der Waals surface area (Å²) in [7, 11) is 0. The number of nitrogens with one attached hydrogen (secondary N) is 1. The normalized spacial score (nSPS) is 12.6. The van der Waals surface area contributed by atoms with E-state index in [0.717, 1.165) is 36.0 Å². The Balaban J connectivity index is 2.03. The summed E-state index contributed by atoms with van der Waals surface area (Å²) in [5.41, 5.74) is 7.68. The van der Waals surface area contributed by atoms with Crippen molar-refractivity contribution in [1.29, 1.82) is 0 Å². The molecule has 0 spiro atoms.